The molecule has 4 N–H and O–H groups in total. The van der Waals surface area contributed by atoms with Crippen molar-refractivity contribution in [1.82, 2.24) is 20.9 Å². The number of fused-ring (bicyclic) bond motifs is 1. The highest BCUT2D eigenvalue weighted by molar-refractivity contribution is 6.40. The van der Waals surface area contributed by atoms with Crippen LogP contribution in [0.2, 0.25) is 10.0 Å². The van der Waals surface area contributed by atoms with Crippen LogP contribution in [0.1, 0.15) is 49.4 Å². The van der Waals surface area contributed by atoms with E-state index >= 15 is 0 Å². The van der Waals surface area contributed by atoms with E-state index in [9.17, 15) is 24.3 Å². The second-order valence-corrected chi connectivity index (χ2v) is 10.6. The number of aliphatic carboxylic acids is 1. The third-order valence-electron chi connectivity index (χ3n) is 7.11. The number of benzene rings is 3. The SMILES string of the molecule is O=C(NCC(NC(=O)c1c(Cl)cc(C(=O)N2CC(c3ccccc3)C2)cc1Cl)C(=O)O)N[C@H]1C=Cc2ccccc21. The van der Waals surface area contributed by atoms with Crippen molar-refractivity contribution >= 4 is 53.1 Å². The number of nitrogens with one attached hydrogen (secondary N) is 3. The van der Waals surface area contributed by atoms with E-state index in [0.717, 1.165) is 16.7 Å². The highest BCUT2D eigenvalue weighted by atomic mass is 35.5. The van der Waals surface area contributed by atoms with Gasteiger partial charge in [0.15, 0.2) is 0 Å². The Morgan fingerprint density at radius 2 is 1.61 bits per heavy atom. The number of amides is 4. The average Bonchev–Trinajstić information content (AvgIpc) is 3.32. The molecule has 1 heterocycles. The van der Waals surface area contributed by atoms with Crippen LogP contribution in [0.15, 0.2) is 72.8 Å². The van der Waals surface area contributed by atoms with Gasteiger partial charge in [-0.3, -0.25) is 9.59 Å². The molecule has 5 rings (SSSR count). The number of carbonyl (C=O) groups excluding carboxylic acids is 3. The van der Waals surface area contributed by atoms with Gasteiger partial charge in [0.1, 0.15) is 6.04 Å². The lowest BCUT2D eigenvalue weighted by Gasteiger charge is -2.39. The van der Waals surface area contributed by atoms with Crippen molar-refractivity contribution in [3.63, 3.8) is 0 Å². The van der Waals surface area contributed by atoms with Gasteiger partial charge in [0.2, 0.25) is 0 Å². The number of halogens is 2. The lowest BCUT2D eigenvalue weighted by atomic mass is 9.91. The van der Waals surface area contributed by atoms with Gasteiger partial charge in [0.25, 0.3) is 11.8 Å². The Morgan fingerprint density at radius 1 is 0.951 bits per heavy atom. The maximum absolute atomic E-state index is 13.0. The summed E-state index contributed by atoms with van der Waals surface area (Å²) in [6, 6.07) is 17.7. The van der Waals surface area contributed by atoms with E-state index in [4.69, 9.17) is 23.2 Å². The van der Waals surface area contributed by atoms with Crippen molar-refractivity contribution in [2.75, 3.05) is 19.6 Å². The zero-order chi connectivity index (χ0) is 29.1. The molecule has 1 fully saturated rings. The molecule has 210 valence electrons. The fraction of sp³-hybridized carbons (Fsp3) is 0.200. The maximum atomic E-state index is 13.0. The number of carbonyl (C=O) groups is 4. The van der Waals surface area contributed by atoms with E-state index in [2.05, 4.69) is 16.0 Å². The minimum absolute atomic E-state index is 0.0972. The van der Waals surface area contributed by atoms with E-state index in [-0.39, 0.29) is 39.0 Å². The monoisotopic (exact) mass is 592 g/mol. The van der Waals surface area contributed by atoms with Crippen molar-refractivity contribution in [1.29, 1.82) is 0 Å². The minimum Gasteiger partial charge on any atom is -0.480 e. The molecular formula is C30H26Cl2N4O5. The Morgan fingerprint density at radius 3 is 2.29 bits per heavy atom. The molecule has 11 heteroatoms. The van der Waals surface area contributed by atoms with Gasteiger partial charge in [0, 0.05) is 24.6 Å². The lowest BCUT2D eigenvalue weighted by Crippen LogP contribution is -2.50. The molecule has 0 radical (unpaired) electrons. The Labute approximate surface area is 246 Å². The van der Waals surface area contributed by atoms with Crippen molar-refractivity contribution < 1.29 is 24.3 Å². The predicted octanol–water partition coefficient (Wildman–Crippen LogP) is 4.48. The molecule has 1 aliphatic carbocycles. The Bertz CT molecular complexity index is 1520. The molecule has 3 aromatic carbocycles. The van der Waals surface area contributed by atoms with Crippen molar-refractivity contribution in [3.8, 4) is 0 Å². The Balaban J connectivity index is 1.18. The van der Waals surface area contributed by atoms with Gasteiger partial charge in [-0.15, -0.1) is 0 Å². The summed E-state index contributed by atoms with van der Waals surface area (Å²) in [7, 11) is 0. The summed E-state index contributed by atoms with van der Waals surface area (Å²) in [5.41, 5.74) is 3.11. The third-order valence-corrected chi connectivity index (χ3v) is 7.71. The summed E-state index contributed by atoms with van der Waals surface area (Å²) >= 11 is 12.7. The maximum Gasteiger partial charge on any atom is 0.328 e. The van der Waals surface area contributed by atoms with Crippen LogP contribution in [0.5, 0.6) is 0 Å². The molecule has 1 aliphatic heterocycles. The van der Waals surface area contributed by atoms with Crippen molar-refractivity contribution in [2.45, 2.75) is 18.0 Å². The molecule has 0 bridgehead atoms. The van der Waals surface area contributed by atoms with E-state index in [1.807, 2.05) is 66.7 Å². The van der Waals surface area contributed by atoms with Crippen LogP contribution in [0.25, 0.3) is 6.08 Å². The molecule has 2 atom stereocenters. The molecule has 0 aromatic heterocycles. The van der Waals surface area contributed by atoms with E-state index in [1.165, 1.54) is 12.1 Å². The standard InChI is InChI=1S/C30H26Cl2N4O5/c31-22-12-19(28(38)36-15-20(16-36)17-6-2-1-3-7-17)13-23(32)26(22)27(37)34-25(29(39)40)14-33-30(41)35-24-11-10-18-8-4-5-9-21(18)24/h1-13,20,24-25H,14-16H2,(H,34,37)(H,39,40)(H2,33,35,41)/t24-,25?/m0/s1. The Hall–Kier alpha value is -4.34. The largest absolute Gasteiger partial charge is 0.480 e. The van der Waals surface area contributed by atoms with Gasteiger partial charge in [-0.1, -0.05) is 90.0 Å². The van der Waals surface area contributed by atoms with Gasteiger partial charge in [0.05, 0.1) is 28.2 Å². The molecule has 4 amide bonds. The fourth-order valence-electron chi connectivity index (χ4n) is 4.87. The van der Waals surface area contributed by atoms with E-state index in [1.54, 1.807) is 4.90 Å². The highest BCUT2D eigenvalue weighted by Gasteiger charge is 2.33. The first-order valence-electron chi connectivity index (χ1n) is 12.9. The van der Waals surface area contributed by atoms with E-state index in [0.29, 0.717) is 13.1 Å². The van der Waals surface area contributed by atoms with Crippen LogP contribution >= 0.6 is 23.2 Å². The minimum atomic E-state index is -1.47. The van der Waals surface area contributed by atoms with Crippen LogP contribution in [-0.4, -0.2) is 59.5 Å². The molecule has 0 spiro atoms. The van der Waals surface area contributed by atoms with Gasteiger partial charge in [-0.2, -0.15) is 0 Å². The molecule has 0 saturated carbocycles. The van der Waals surface area contributed by atoms with Crippen molar-refractivity contribution in [2.24, 2.45) is 0 Å². The smallest absolute Gasteiger partial charge is 0.328 e. The summed E-state index contributed by atoms with van der Waals surface area (Å²) in [6.07, 6.45) is 3.71. The number of carboxylic acid groups (broad SMARTS) is 1. The normalized spacial score (nSPS) is 16.3. The first-order chi connectivity index (χ1) is 19.7. The number of carboxylic acids is 1. The molecule has 1 saturated heterocycles. The van der Waals surface area contributed by atoms with Gasteiger partial charge in [-0.05, 0) is 28.8 Å². The van der Waals surface area contributed by atoms with Crippen LogP contribution in [0.4, 0.5) is 4.79 Å². The zero-order valence-electron chi connectivity index (χ0n) is 21.6. The molecule has 41 heavy (non-hydrogen) atoms. The van der Waals surface area contributed by atoms with E-state index < -0.39 is 30.5 Å². The molecular weight excluding hydrogens is 567 g/mol. The fourth-order valence-corrected chi connectivity index (χ4v) is 5.53. The number of nitrogens with zero attached hydrogens (tertiary/aromatic N) is 1. The highest BCUT2D eigenvalue weighted by Crippen LogP contribution is 2.32. The first kappa shape index (κ1) is 28.2. The van der Waals surface area contributed by atoms with Crippen LogP contribution in [0.3, 0.4) is 0 Å². The molecule has 3 aromatic rings. The lowest BCUT2D eigenvalue weighted by molar-refractivity contribution is -0.139. The summed E-state index contributed by atoms with van der Waals surface area (Å²) in [6.45, 7) is 0.698. The summed E-state index contributed by atoms with van der Waals surface area (Å²) < 4.78 is 0. The summed E-state index contributed by atoms with van der Waals surface area (Å²) in [5, 5.41) is 17.0. The summed E-state index contributed by atoms with van der Waals surface area (Å²) in [4.78, 5) is 51.9. The quantitative estimate of drug-likeness (QED) is 0.306. The number of rotatable bonds is 8. The van der Waals surface area contributed by atoms with Gasteiger partial charge < -0.3 is 26.0 Å². The number of likely N-dealkylation sites (tertiary alicyclic amines) is 1. The average molecular weight is 593 g/mol. The first-order valence-corrected chi connectivity index (χ1v) is 13.6. The number of urea groups is 1. The van der Waals surface area contributed by atoms with Crippen LogP contribution < -0.4 is 16.0 Å². The topological polar surface area (TPSA) is 128 Å². The second kappa shape index (κ2) is 12.0. The third kappa shape index (κ3) is 6.21. The number of hydrogen-bond acceptors (Lipinski definition) is 4. The van der Waals surface area contributed by atoms with Crippen molar-refractivity contribution in [3.05, 3.63) is 111 Å². The van der Waals surface area contributed by atoms with Gasteiger partial charge in [-0.25, -0.2) is 9.59 Å². The van der Waals surface area contributed by atoms with Gasteiger partial charge >= 0.3 is 12.0 Å². The molecule has 9 nitrogen and oxygen atoms in total. The predicted molar refractivity (Wildman–Crippen MR) is 155 cm³/mol. The zero-order valence-corrected chi connectivity index (χ0v) is 23.2. The number of hydrogen-bond donors (Lipinski definition) is 4. The van der Waals surface area contributed by atoms with Crippen LogP contribution in [-0.2, 0) is 4.79 Å². The Kier molecular flexibility index (Phi) is 8.28. The summed E-state index contributed by atoms with van der Waals surface area (Å²) in [5.74, 6) is -2.25. The molecule has 1 unspecified atom stereocenters. The second-order valence-electron chi connectivity index (χ2n) is 9.82. The van der Waals surface area contributed by atoms with Crippen LogP contribution in [0, 0.1) is 0 Å². The molecule has 2 aliphatic rings.